The summed E-state index contributed by atoms with van der Waals surface area (Å²) in [5.41, 5.74) is 0.645. The molecule has 47 heavy (non-hydrogen) atoms. The summed E-state index contributed by atoms with van der Waals surface area (Å²) in [5, 5.41) is 21.6. The molecular formula is C31H51N4O11P. The Morgan fingerprint density at radius 2 is 1.40 bits per heavy atom. The van der Waals surface area contributed by atoms with E-state index in [0.29, 0.717) is 37.9 Å². The molecule has 16 heteroatoms. The van der Waals surface area contributed by atoms with E-state index in [1.54, 1.807) is 0 Å². The van der Waals surface area contributed by atoms with E-state index in [4.69, 9.17) is 19.3 Å². The number of unbranched alkanes of at least 4 members (excludes halogenated alkanes) is 14. The molecule has 0 amide bonds. The lowest BCUT2D eigenvalue weighted by atomic mass is 10.0. The first kappa shape index (κ1) is 40.0. The summed E-state index contributed by atoms with van der Waals surface area (Å²) < 4.78 is 30.8. The average Bonchev–Trinajstić information content (AvgIpc) is 3.52. The smallest absolute Gasteiger partial charge is 0.462 e. The van der Waals surface area contributed by atoms with Gasteiger partial charge in [0.1, 0.15) is 6.61 Å². The van der Waals surface area contributed by atoms with Gasteiger partial charge in [0.25, 0.3) is 0 Å². The Morgan fingerprint density at radius 1 is 0.851 bits per heavy atom. The second-order valence-corrected chi connectivity index (χ2v) is 12.9. The first-order valence-corrected chi connectivity index (χ1v) is 18.3. The van der Waals surface area contributed by atoms with E-state index < -0.39 is 37.4 Å². The molecule has 266 valence electrons. The standard InChI is InChI=1S/C31H51N4O11P/c1-2-3-4-5-6-7-8-9-10-11-12-13-15-19-29(37)45-25(24-44-47(40,41)42)23-43-28(36)18-16-14-17-22-32-26-20-21-27(35(38)39)31-30(26)33-46-34-31/h20-21,25,32H,2-19,22-24H2,1H3,(H2,40,41,42)/t25-/m1/s1. The third-order valence-electron chi connectivity index (χ3n) is 7.61. The Bertz CT molecular complexity index is 1250. The number of carbonyl (C=O) groups excluding carboxylic acids is 2. The molecule has 1 aromatic heterocycles. The number of ether oxygens (including phenoxy) is 2. The first-order chi connectivity index (χ1) is 22.6. The molecule has 0 aliphatic heterocycles. The van der Waals surface area contributed by atoms with Crippen LogP contribution in [0.3, 0.4) is 0 Å². The van der Waals surface area contributed by atoms with Crippen LogP contribution in [0.1, 0.15) is 122 Å². The molecular weight excluding hydrogens is 635 g/mol. The van der Waals surface area contributed by atoms with E-state index in [1.165, 1.54) is 69.9 Å². The number of hydrogen-bond donors (Lipinski definition) is 3. The van der Waals surface area contributed by atoms with E-state index in [1.807, 2.05) is 0 Å². The number of fused-ring (bicyclic) bond motifs is 1. The van der Waals surface area contributed by atoms with E-state index in [-0.39, 0.29) is 36.2 Å². The van der Waals surface area contributed by atoms with E-state index in [0.717, 1.165) is 19.3 Å². The van der Waals surface area contributed by atoms with Crippen LogP contribution in [0, 0.1) is 10.1 Å². The highest BCUT2D eigenvalue weighted by atomic mass is 31.2. The molecule has 1 atom stereocenters. The Kier molecular flexibility index (Phi) is 19.8. The number of nitrogens with zero attached hydrogens (tertiary/aromatic N) is 3. The van der Waals surface area contributed by atoms with Crippen molar-refractivity contribution in [2.75, 3.05) is 25.1 Å². The number of aromatic nitrogens is 2. The Hall–Kier alpha value is -3.13. The number of benzene rings is 1. The zero-order valence-corrected chi connectivity index (χ0v) is 28.3. The van der Waals surface area contributed by atoms with Crippen molar-refractivity contribution in [1.82, 2.24) is 10.3 Å². The average molecular weight is 687 g/mol. The van der Waals surface area contributed by atoms with Gasteiger partial charge < -0.3 is 24.6 Å². The molecule has 0 bridgehead atoms. The number of phosphoric ester groups is 1. The fourth-order valence-corrected chi connectivity index (χ4v) is 5.38. The molecule has 1 aromatic carbocycles. The van der Waals surface area contributed by atoms with Crippen LogP contribution in [-0.4, -0.2) is 62.8 Å². The van der Waals surface area contributed by atoms with Gasteiger partial charge >= 0.3 is 25.4 Å². The van der Waals surface area contributed by atoms with Crippen LogP contribution in [0.2, 0.25) is 0 Å². The second-order valence-electron chi connectivity index (χ2n) is 11.7. The van der Waals surface area contributed by atoms with Crippen molar-refractivity contribution in [1.29, 1.82) is 0 Å². The van der Waals surface area contributed by atoms with E-state index in [2.05, 4.69) is 31.7 Å². The SMILES string of the molecule is CCCCCCCCCCCCCCCC(=O)O[C@H](COC(=O)CCCCCNc1ccc([N+](=O)[O-])c2nonc12)COP(=O)(O)O. The molecule has 2 rings (SSSR count). The summed E-state index contributed by atoms with van der Waals surface area (Å²) in [6.45, 7) is 1.74. The number of phosphoric acid groups is 1. The fourth-order valence-electron chi connectivity index (χ4n) is 5.02. The molecule has 0 spiro atoms. The molecule has 0 radical (unpaired) electrons. The van der Waals surface area contributed by atoms with Gasteiger partial charge in [0.2, 0.25) is 5.52 Å². The monoisotopic (exact) mass is 686 g/mol. The number of esters is 2. The van der Waals surface area contributed by atoms with Crippen molar-refractivity contribution >= 4 is 42.2 Å². The van der Waals surface area contributed by atoms with Gasteiger partial charge in [-0.05, 0) is 35.6 Å². The number of rotatable bonds is 28. The number of non-ortho nitro benzene ring substituents is 1. The zero-order valence-electron chi connectivity index (χ0n) is 27.4. The fraction of sp³-hybridized carbons (Fsp3) is 0.742. The van der Waals surface area contributed by atoms with Crippen molar-refractivity contribution in [2.24, 2.45) is 0 Å². The number of carbonyl (C=O) groups is 2. The number of nitro benzene ring substituents is 1. The highest BCUT2D eigenvalue weighted by Gasteiger charge is 2.23. The molecule has 0 aliphatic rings. The quantitative estimate of drug-likeness (QED) is 0.0267. The van der Waals surface area contributed by atoms with Gasteiger partial charge in [-0.3, -0.25) is 24.2 Å². The topological polar surface area (TPSA) is 213 Å². The lowest BCUT2D eigenvalue weighted by Crippen LogP contribution is -2.29. The minimum Gasteiger partial charge on any atom is -0.462 e. The van der Waals surface area contributed by atoms with Crippen LogP contribution in [0.4, 0.5) is 11.4 Å². The Morgan fingerprint density at radius 3 is 2.00 bits per heavy atom. The molecule has 0 saturated carbocycles. The maximum absolute atomic E-state index is 12.3. The van der Waals surface area contributed by atoms with Crippen molar-refractivity contribution < 1.29 is 47.5 Å². The predicted octanol–water partition coefficient (Wildman–Crippen LogP) is 7.15. The molecule has 15 nitrogen and oxygen atoms in total. The molecule has 0 unspecified atom stereocenters. The predicted molar refractivity (Wildman–Crippen MR) is 175 cm³/mol. The molecule has 0 aliphatic carbocycles. The molecule has 2 aromatic rings. The van der Waals surface area contributed by atoms with Crippen molar-refractivity contribution in [3.05, 3.63) is 22.2 Å². The Balaban J connectivity index is 1.58. The minimum atomic E-state index is -4.81. The number of nitro groups is 1. The molecule has 0 fully saturated rings. The largest absolute Gasteiger partial charge is 0.469 e. The maximum atomic E-state index is 12.3. The van der Waals surface area contributed by atoms with Gasteiger partial charge in [-0.1, -0.05) is 90.4 Å². The van der Waals surface area contributed by atoms with Crippen LogP contribution < -0.4 is 5.32 Å². The van der Waals surface area contributed by atoms with Gasteiger partial charge in [-0.25, -0.2) is 9.19 Å². The Labute approximate surface area is 275 Å². The summed E-state index contributed by atoms with van der Waals surface area (Å²) in [6, 6.07) is 2.85. The lowest BCUT2D eigenvalue weighted by Gasteiger charge is -2.18. The van der Waals surface area contributed by atoms with Gasteiger partial charge in [0.15, 0.2) is 11.6 Å². The molecule has 0 saturated heterocycles. The van der Waals surface area contributed by atoms with Gasteiger partial charge in [0.05, 0.1) is 17.2 Å². The highest BCUT2D eigenvalue weighted by molar-refractivity contribution is 7.46. The number of anilines is 1. The third kappa shape index (κ3) is 18.1. The van der Waals surface area contributed by atoms with Crippen LogP contribution >= 0.6 is 7.82 Å². The number of nitrogens with one attached hydrogen (secondary N) is 1. The summed E-state index contributed by atoms with van der Waals surface area (Å²) in [4.78, 5) is 53.2. The second kappa shape index (κ2) is 23.2. The van der Waals surface area contributed by atoms with E-state index in [9.17, 15) is 24.3 Å². The van der Waals surface area contributed by atoms with Crippen LogP contribution in [0.25, 0.3) is 11.0 Å². The molecule has 1 heterocycles. The third-order valence-corrected chi connectivity index (χ3v) is 8.09. The normalized spacial score (nSPS) is 12.2. The zero-order chi connectivity index (χ0) is 34.3. The van der Waals surface area contributed by atoms with Crippen molar-refractivity contribution in [2.45, 2.75) is 129 Å². The van der Waals surface area contributed by atoms with Crippen LogP contribution in [0.5, 0.6) is 0 Å². The summed E-state index contributed by atoms with van der Waals surface area (Å²) in [6.07, 6.45) is 16.2. The van der Waals surface area contributed by atoms with Crippen molar-refractivity contribution in [3.63, 3.8) is 0 Å². The van der Waals surface area contributed by atoms with Crippen LogP contribution in [-0.2, 0) is 28.2 Å². The lowest BCUT2D eigenvalue weighted by molar-refractivity contribution is -0.383. The summed E-state index contributed by atoms with van der Waals surface area (Å²) in [7, 11) is -4.81. The summed E-state index contributed by atoms with van der Waals surface area (Å²) >= 11 is 0. The van der Waals surface area contributed by atoms with Crippen LogP contribution in [0.15, 0.2) is 16.8 Å². The minimum absolute atomic E-state index is 0.0532. The van der Waals surface area contributed by atoms with Gasteiger partial charge in [-0.2, -0.15) is 0 Å². The first-order valence-electron chi connectivity index (χ1n) is 16.8. The number of hydrogen-bond acceptors (Lipinski definition) is 12. The van der Waals surface area contributed by atoms with Gasteiger partial charge in [-0.15, -0.1) is 0 Å². The summed E-state index contributed by atoms with van der Waals surface area (Å²) in [5.74, 6) is -1.08. The van der Waals surface area contributed by atoms with Gasteiger partial charge in [0, 0.05) is 25.5 Å². The molecule has 3 N–H and O–H groups in total. The highest BCUT2D eigenvalue weighted by Crippen LogP contribution is 2.36. The maximum Gasteiger partial charge on any atom is 0.469 e. The van der Waals surface area contributed by atoms with Crippen molar-refractivity contribution in [3.8, 4) is 0 Å². The van der Waals surface area contributed by atoms with E-state index >= 15 is 0 Å².